The van der Waals surface area contributed by atoms with Crippen LogP contribution in [0.2, 0.25) is 0 Å². The van der Waals surface area contributed by atoms with Crippen molar-refractivity contribution >= 4 is 12.1 Å². The molecule has 0 saturated carbocycles. The Morgan fingerprint density at radius 3 is 2.38 bits per heavy atom. The van der Waals surface area contributed by atoms with Crippen molar-refractivity contribution in [2.24, 2.45) is 5.10 Å². The average molecular weight is 326 g/mol. The second-order valence-corrected chi connectivity index (χ2v) is 5.51. The van der Waals surface area contributed by atoms with Crippen LogP contribution in [0.1, 0.15) is 26.3 Å². The van der Waals surface area contributed by atoms with Crippen molar-refractivity contribution in [1.29, 1.82) is 0 Å². The number of ether oxygens (including phenoxy) is 2. The highest BCUT2D eigenvalue weighted by atomic mass is 16.5. The van der Waals surface area contributed by atoms with Crippen molar-refractivity contribution in [3.8, 4) is 11.5 Å². The summed E-state index contributed by atoms with van der Waals surface area (Å²) in [4.78, 5) is 12.0. The molecule has 0 spiro atoms. The molecular formula is C19H22N2O3. The highest BCUT2D eigenvalue weighted by Gasteiger charge is 2.13. The van der Waals surface area contributed by atoms with Crippen molar-refractivity contribution < 1.29 is 14.3 Å². The van der Waals surface area contributed by atoms with E-state index < -0.39 is 6.10 Å². The van der Waals surface area contributed by atoms with Crippen LogP contribution in [0.15, 0.2) is 59.7 Å². The molecule has 0 fully saturated rings. The lowest BCUT2D eigenvalue weighted by molar-refractivity contribution is -0.127. The van der Waals surface area contributed by atoms with Gasteiger partial charge in [0.1, 0.15) is 11.5 Å². The Labute approximate surface area is 142 Å². The third-order valence-electron chi connectivity index (χ3n) is 3.09. The molecule has 0 aliphatic carbocycles. The predicted octanol–water partition coefficient (Wildman–Crippen LogP) is 3.39. The van der Waals surface area contributed by atoms with Crippen LogP contribution in [0.4, 0.5) is 0 Å². The third kappa shape index (κ3) is 5.43. The van der Waals surface area contributed by atoms with Gasteiger partial charge in [-0.1, -0.05) is 30.3 Å². The number of hydrazone groups is 1. The van der Waals surface area contributed by atoms with Crippen molar-refractivity contribution in [2.75, 3.05) is 0 Å². The zero-order valence-electron chi connectivity index (χ0n) is 14.1. The number of nitrogens with one attached hydrogen (secondary N) is 1. The molecule has 1 atom stereocenters. The standard InChI is InChI=1S/C19H22N2O3/c1-14(2)23-18-12-8-7-9-16(18)13-20-21-19(22)15(3)24-17-10-5-4-6-11-17/h4-15H,1-3H3,(H,21,22)/b20-13+/t15-/m0/s1. The minimum atomic E-state index is -0.647. The summed E-state index contributed by atoms with van der Waals surface area (Å²) in [7, 11) is 0. The van der Waals surface area contributed by atoms with Crippen LogP contribution in [0.25, 0.3) is 0 Å². The highest BCUT2D eigenvalue weighted by Crippen LogP contribution is 2.17. The van der Waals surface area contributed by atoms with E-state index in [1.54, 1.807) is 25.3 Å². The maximum atomic E-state index is 12.0. The molecule has 24 heavy (non-hydrogen) atoms. The van der Waals surface area contributed by atoms with Gasteiger partial charge in [0.2, 0.25) is 0 Å². The molecule has 5 nitrogen and oxygen atoms in total. The number of carbonyl (C=O) groups excluding carboxylic acids is 1. The second kappa shape index (κ2) is 8.72. The Hall–Kier alpha value is -2.82. The van der Waals surface area contributed by atoms with Gasteiger partial charge in [-0.2, -0.15) is 5.10 Å². The normalized spacial score (nSPS) is 12.2. The van der Waals surface area contributed by atoms with Crippen LogP contribution < -0.4 is 14.9 Å². The summed E-state index contributed by atoms with van der Waals surface area (Å²) < 4.78 is 11.2. The van der Waals surface area contributed by atoms with E-state index in [2.05, 4.69) is 10.5 Å². The van der Waals surface area contributed by atoms with E-state index in [4.69, 9.17) is 9.47 Å². The Morgan fingerprint density at radius 1 is 1.00 bits per heavy atom. The van der Waals surface area contributed by atoms with Gasteiger partial charge in [0.25, 0.3) is 5.91 Å². The first-order valence-corrected chi connectivity index (χ1v) is 7.86. The molecule has 0 aromatic heterocycles. The van der Waals surface area contributed by atoms with Gasteiger partial charge in [0.15, 0.2) is 6.10 Å². The van der Waals surface area contributed by atoms with E-state index in [-0.39, 0.29) is 12.0 Å². The van der Waals surface area contributed by atoms with Crippen molar-refractivity contribution in [3.05, 3.63) is 60.2 Å². The van der Waals surface area contributed by atoms with Crippen molar-refractivity contribution in [3.63, 3.8) is 0 Å². The smallest absolute Gasteiger partial charge is 0.280 e. The molecule has 2 aromatic rings. The number of amides is 1. The summed E-state index contributed by atoms with van der Waals surface area (Å²) in [5.74, 6) is 1.04. The highest BCUT2D eigenvalue weighted by molar-refractivity contribution is 5.86. The fourth-order valence-electron chi connectivity index (χ4n) is 1.96. The number of carbonyl (C=O) groups is 1. The number of hydrogen-bond donors (Lipinski definition) is 1. The van der Waals surface area contributed by atoms with Crippen molar-refractivity contribution in [1.82, 2.24) is 5.43 Å². The number of rotatable bonds is 7. The first kappa shape index (κ1) is 17.5. The Balaban J connectivity index is 1.92. The zero-order chi connectivity index (χ0) is 17.4. The lowest BCUT2D eigenvalue weighted by Gasteiger charge is -2.13. The minimum absolute atomic E-state index is 0.0634. The maximum Gasteiger partial charge on any atom is 0.280 e. The summed E-state index contributed by atoms with van der Waals surface area (Å²) in [6, 6.07) is 16.7. The Bertz CT molecular complexity index is 684. The summed E-state index contributed by atoms with van der Waals surface area (Å²) in [6.45, 7) is 5.59. The molecule has 0 unspecified atom stereocenters. The molecule has 0 aliphatic rings. The minimum Gasteiger partial charge on any atom is -0.490 e. The quantitative estimate of drug-likeness (QED) is 0.627. The van der Waals surface area contributed by atoms with Gasteiger partial charge in [-0.3, -0.25) is 4.79 Å². The molecule has 2 rings (SSSR count). The average Bonchev–Trinajstić information content (AvgIpc) is 2.56. The molecule has 0 radical (unpaired) electrons. The first-order valence-electron chi connectivity index (χ1n) is 7.86. The molecule has 0 saturated heterocycles. The molecule has 1 N–H and O–H groups in total. The topological polar surface area (TPSA) is 59.9 Å². The summed E-state index contributed by atoms with van der Waals surface area (Å²) in [5.41, 5.74) is 3.28. The lowest BCUT2D eigenvalue weighted by atomic mass is 10.2. The van der Waals surface area contributed by atoms with Gasteiger partial charge in [0, 0.05) is 5.56 Å². The molecule has 0 aliphatic heterocycles. The molecule has 2 aromatic carbocycles. The Kier molecular flexibility index (Phi) is 6.37. The summed E-state index contributed by atoms with van der Waals surface area (Å²) in [5, 5.41) is 3.99. The van der Waals surface area contributed by atoms with E-state index in [1.807, 2.05) is 56.3 Å². The summed E-state index contributed by atoms with van der Waals surface area (Å²) >= 11 is 0. The van der Waals surface area contributed by atoms with Crippen LogP contribution in [-0.4, -0.2) is 24.3 Å². The molecule has 0 bridgehead atoms. The Morgan fingerprint density at radius 2 is 1.67 bits per heavy atom. The third-order valence-corrected chi connectivity index (χ3v) is 3.09. The number of hydrogen-bond acceptors (Lipinski definition) is 4. The van der Waals surface area contributed by atoms with Crippen molar-refractivity contribution in [2.45, 2.75) is 33.0 Å². The largest absolute Gasteiger partial charge is 0.490 e. The van der Waals surface area contributed by atoms with E-state index in [1.165, 1.54) is 0 Å². The van der Waals surface area contributed by atoms with E-state index in [9.17, 15) is 4.79 Å². The molecule has 0 heterocycles. The van der Waals surface area contributed by atoms with Gasteiger partial charge < -0.3 is 9.47 Å². The molecular weight excluding hydrogens is 304 g/mol. The van der Waals surface area contributed by atoms with Crippen LogP contribution in [0.3, 0.4) is 0 Å². The monoisotopic (exact) mass is 326 g/mol. The molecule has 1 amide bonds. The van der Waals surface area contributed by atoms with Gasteiger partial charge in [-0.05, 0) is 45.0 Å². The first-order chi connectivity index (χ1) is 11.6. The van der Waals surface area contributed by atoms with Gasteiger partial charge in [0.05, 0.1) is 12.3 Å². The van der Waals surface area contributed by atoms with Crippen LogP contribution in [-0.2, 0) is 4.79 Å². The number of benzene rings is 2. The maximum absolute atomic E-state index is 12.0. The van der Waals surface area contributed by atoms with E-state index in [0.29, 0.717) is 5.75 Å². The lowest BCUT2D eigenvalue weighted by Crippen LogP contribution is -2.33. The molecule has 5 heteroatoms. The molecule has 126 valence electrons. The van der Waals surface area contributed by atoms with Crippen LogP contribution in [0, 0.1) is 0 Å². The van der Waals surface area contributed by atoms with Crippen LogP contribution >= 0.6 is 0 Å². The van der Waals surface area contributed by atoms with Gasteiger partial charge in [-0.25, -0.2) is 5.43 Å². The van der Waals surface area contributed by atoms with E-state index >= 15 is 0 Å². The van der Waals surface area contributed by atoms with Gasteiger partial charge >= 0.3 is 0 Å². The number of para-hydroxylation sites is 2. The van der Waals surface area contributed by atoms with Gasteiger partial charge in [-0.15, -0.1) is 0 Å². The second-order valence-electron chi connectivity index (χ2n) is 5.51. The fraction of sp³-hybridized carbons (Fsp3) is 0.263. The summed E-state index contributed by atoms with van der Waals surface area (Å²) in [6.07, 6.45) is 0.977. The van der Waals surface area contributed by atoms with E-state index in [0.717, 1.165) is 11.3 Å². The zero-order valence-corrected chi connectivity index (χ0v) is 14.1. The number of nitrogens with zero attached hydrogens (tertiary/aromatic N) is 1. The predicted molar refractivity (Wildman–Crippen MR) is 94.5 cm³/mol. The van der Waals surface area contributed by atoms with Crippen LogP contribution in [0.5, 0.6) is 11.5 Å². The fourth-order valence-corrected chi connectivity index (χ4v) is 1.96. The SMILES string of the molecule is CC(C)Oc1ccccc1/C=N/NC(=O)[C@H](C)Oc1ccccc1.